The Kier molecular flexibility index (Phi) is 6.52. The molecule has 0 saturated heterocycles. The minimum Gasteiger partial charge on any atom is -0.496 e. The van der Waals surface area contributed by atoms with Gasteiger partial charge in [0.05, 0.1) is 34.1 Å². The van der Waals surface area contributed by atoms with Crippen LogP contribution >= 0.6 is 23.2 Å². The summed E-state index contributed by atoms with van der Waals surface area (Å²) in [5.41, 5.74) is 4.65. The first-order valence-electron chi connectivity index (χ1n) is 10.5. The number of rotatable bonds is 3. The predicted molar refractivity (Wildman–Crippen MR) is 135 cm³/mol. The third-order valence-corrected chi connectivity index (χ3v) is 6.25. The van der Waals surface area contributed by atoms with Gasteiger partial charge in [-0.3, -0.25) is 4.79 Å². The highest BCUT2D eigenvalue weighted by molar-refractivity contribution is 6.42. The smallest absolute Gasteiger partial charge is 0.280 e. The molecule has 1 amide bonds. The van der Waals surface area contributed by atoms with Gasteiger partial charge in [0, 0.05) is 11.1 Å². The van der Waals surface area contributed by atoms with Crippen LogP contribution in [0.2, 0.25) is 10.0 Å². The van der Waals surface area contributed by atoms with Crippen molar-refractivity contribution in [2.75, 3.05) is 12.1 Å². The molecule has 1 heterocycles. The maximum Gasteiger partial charge on any atom is 0.280 e. The summed E-state index contributed by atoms with van der Waals surface area (Å²) in [6, 6.07) is 9.33. The Balaban J connectivity index is 2.16. The van der Waals surface area contributed by atoms with Crippen molar-refractivity contribution < 1.29 is 9.53 Å². The molecule has 6 heteroatoms. The van der Waals surface area contributed by atoms with E-state index >= 15 is 0 Å². The lowest BCUT2D eigenvalue weighted by molar-refractivity contribution is -0.114. The van der Waals surface area contributed by atoms with Crippen LogP contribution in [0.4, 0.5) is 5.69 Å². The first kappa shape index (κ1) is 24.3. The van der Waals surface area contributed by atoms with Gasteiger partial charge in [-0.25, -0.2) is 0 Å². The van der Waals surface area contributed by atoms with E-state index in [0.717, 1.165) is 16.9 Å². The van der Waals surface area contributed by atoms with Crippen LogP contribution < -0.4 is 9.75 Å². The summed E-state index contributed by atoms with van der Waals surface area (Å²) in [5, 5.41) is 6.63. The third-order valence-electron chi connectivity index (χ3n) is 5.51. The van der Waals surface area contributed by atoms with Gasteiger partial charge in [-0.2, -0.15) is 10.1 Å². The lowest BCUT2D eigenvalue weighted by atomic mass is 9.78. The van der Waals surface area contributed by atoms with Crippen molar-refractivity contribution in [1.29, 1.82) is 0 Å². The van der Waals surface area contributed by atoms with Crippen LogP contribution in [-0.4, -0.2) is 18.7 Å². The summed E-state index contributed by atoms with van der Waals surface area (Å²) in [6.45, 7) is 14.8. The monoisotopic (exact) mass is 472 g/mol. The van der Waals surface area contributed by atoms with E-state index in [1.807, 2.05) is 13.0 Å². The lowest BCUT2D eigenvalue weighted by Crippen LogP contribution is -2.21. The molecule has 1 aliphatic heterocycles. The number of benzene rings is 2. The SMILES string of the molecule is COc1c(C=C2C(=O)N(c3ccc(Cl)c(Cl)c3)N=C2C)cc(C(C)(C)C)cc1C(C)(C)C. The molecule has 0 spiro atoms. The van der Waals surface area contributed by atoms with Crippen molar-refractivity contribution in [3.63, 3.8) is 0 Å². The minimum absolute atomic E-state index is 0.0611. The largest absolute Gasteiger partial charge is 0.496 e. The second-order valence-electron chi connectivity index (χ2n) is 10.1. The Labute approximate surface area is 200 Å². The molecule has 0 radical (unpaired) electrons. The van der Waals surface area contributed by atoms with E-state index in [1.54, 1.807) is 25.3 Å². The molecular weight excluding hydrogens is 443 g/mol. The maximum absolute atomic E-state index is 13.3. The van der Waals surface area contributed by atoms with Crippen molar-refractivity contribution in [3.8, 4) is 5.75 Å². The molecule has 0 aromatic heterocycles. The average Bonchev–Trinajstić information content (AvgIpc) is 2.96. The molecular formula is C26H30Cl2N2O2. The zero-order chi connectivity index (χ0) is 24.0. The number of hydrazone groups is 1. The number of anilines is 1. The van der Waals surface area contributed by atoms with Gasteiger partial charge >= 0.3 is 0 Å². The molecule has 0 unspecified atom stereocenters. The number of halogens is 2. The fourth-order valence-electron chi connectivity index (χ4n) is 3.61. The molecule has 0 aliphatic carbocycles. The van der Waals surface area contributed by atoms with E-state index in [2.05, 4.69) is 58.8 Å². The van der Waals surface area contributed by atoms with E-state index in [-0.39, 0.29) is 16.7 Å². The van der Waals surface area contributed by atoms with Crippen LogP contribution in [0.25, 0.3) is 6.08 Å². The van der Waals surface area contributed by atoms with Crippen molar-refractivity contribution in [2.24, 2.45) is 5.10 Å². The fourth-order valence-corrected chi connectivity index (χ4v) is 3.90. The molecule has 0 atom stereocenters. The number of hydrogen-bond donors (Lipinski definition) is 0. The summed E-state index contributed by atoms with van der Waals surface area (Å²) in [7, 11) is 1.67. The zero-order valence-electron chi connectivity index (χ0n) is 19.9. The Morgan fingerprint density at radius 3 is 2.16 bits per heavy atom. The molecule has 4 nitrogen and oxygen atoms in total. The Morgan fingerprint density at radius 1 is 0.969 bits per heavy atom. The van der Waals surface area contributed by atoms with Gasteiger partial charge in [-0.1, -0.05) is 70.8 Å². The van der Waals surface area contributed by atoms with Crippen molar-refractivity contribution >= 4 is 46.6 Å². The molecule has 170 valence electrons. The third kappa shape index (κ3) is 4.72. The topological polar surface area (TPSA) is 41.9 Å². The zero-order valence-corrected chi connectivity index (χ0v) is 21.4. The maximum atomic E-state index is 13.3. The summed E-state index contributed by atoms with van der Waals surface area (Å²) in [5.74, 6) is 0.549. The van der Waals surface area contributed by atoms with Gasteiger partial charge in [0.25, 0.3) is 5.91 Å². The van der Waals surface area contributed by atoms with Gasteiger partial charge in [-0.05, 0) is 53.7 Å². The Hall–Kier alpha value is -2.30. The van der Waals surface area contributed by atoms with E-state index in [9.17, 15) is 4.79 Å². The second-order valence-corrected chi connectivity index (χ2v) is 10.9. The number of amides is 1. The van der Waals surface area contributed by atoms with Crippen LogP contribution in [0, 0.1) is 0 Å². The molecule has 0 N–H and O–H groups in total. The number of hydrogen-bond acceptors (Lipinski definition) is 3. The Morgan fingerprint density at radius 2 is 1.62 bits per heavy atom. The molecule has 32 heavy (non-hydrogen) atoms. The van der Waals surface area contributed by atoms with E-state index in [1.165, 1.54) is 10.6 Å². The molecule has 1 aliphatic rings. The van der Waals surface area contributed by atoms with Gasteiger partial charge in [0.15, 0.2) is 0 Å². The minimum atomic E-state index is -0.221. The van der Waals surface area contributed by atoms with Crippen LogP contribution in [0.15, 0.2) is 41.0 Å². The molecule has 3 rings (SSSR count). The second kappa shape index (κ2) is 8.57. The molecule has 2 aromatic carbocycles. The first-order valence-corrected chi connectivity index (χ1v) is 11.3. The highest BCUT2D eigenvalue weighted by Crippen LogP contribution is 2.40. The van der Waals surface area contributed by atoms with Crippen molar-refractivity contribution in [1.82, 2.24) is 0 Å². The van der Waals surface area contributed by atoms with Crippen LogP contribution in [0.1, 0.15) is 65.2 Å². The lowest BCUT2D eigenvalue weighted by Gasteiger charge is -2.28. The van der Waals surface area contributed by atoms with E-state index in [4.69, 9.17) is 27.9 Å². The van der Waals surface area contributed by atoms with Gasteiger partial charge in [0.1, 0.15) is 5.75 Å². The van der Waals surface area contributed by atoms with Crippen LogP contribution in [0.5, 0.6) is 5.75 Å². The first-order chi connectivity index (χ1) is 14.7. The van der Waals surface area contributed by atoms with E-state index < -0.39 is 0 Å². The molecule has 0 saturated carbocycles. The number of ether oxygens (including phenoxy) is 1. The van der Waals surface area contributed by atoms with Gasteiger partial charge < -0.3 is 4.74 Å². The van der Waals surface area contributed by atoms with Crippen molar-refractivity contribution in [2.45, 2.75) is 59.3 Å². The average molecular weight is 473 g/mol. The normalized spacial score (nSPS) is 16.1. The summed E-state index contributed by atoms with van der Waals surface area (Å²) in [6.07, 6.45) is 1.88. The highest BCUT2D eigenvalue weighted by atomic mass is 35.5. The summed E-state index contributed by atoms with van der Waals surface area (Å²) in [4.78, 5) is 13.3. The van der Waals surface area contributed by atoms with Gasteiger partial charge in [0.2, 0.25) is 0 Å². The number of nitrogens with zero attached hydrogens (tertiary/aromatic N) is 2. The Bertz CT molecular complexity index is 1140. The van der Waals surface area contributed by atoms with Crippen LogP contribution in [-0.2, 0) is 15.6 Å². The number of carbonyl (C=O) groups excluding carboxylic acids is 1. The molecule has 0 fully saturated rings. The molecule has 0 bridgehead atoms. The predicted octanol–water partition coefficient (Wildman–Crippen LogP) is 7.40. The van der Waals surface area contributed by atoms with Crippen molar-refractivity contribution in [3.05, 3.63) is 62.6 Å². The number of methoxy groups -OCH3 is 1. The standard InChI is InChI=1S/C26H30Cl2N2O2/c1-15-19(24(31)30(29-15)18-9-10-21(27)22(28)14-18)12-16-11-17(25(2,3)4)13-20(23(16)32-8)26(5,6)7/h9-14H,1-8H3. The van der Waals surface area contributed by atoms with E-state index in [0.29, 0.717) is 27.0 Å². The fraction of sp³-hybridized carbons (Fsp3) is 0.385. The number of carbonyl (C=O) groups is 1. The van der Waals surface area contributed by atoms with Crippen LogP contribution in [0.3, 0.4) is 0 Å². The van der Waals surface area contributed by atoms with Gasteiger partial charge in [-0.15, -0.1) is 0 Å². The molecule has 2 aromatic rings. The summed E-state index contributed by atoms with van der Waals surface area (Å²) < 4.78 is 5.85. The summed E-state index contributed by atoms with van der Waals surface area (Å²) >= 11 is 12.2. The quantitative estimate of drug-likeness (QED) is 0.436. The highest BCUT2D eigenvalue weighted by Gasteiger charge is 2.31.